The third-order valence-electron chi connectivity index (χ3n) is 4.84. The van der Waals surface area contributed by atoms with E-state index in [2.05, 4.69) is 15.3 Å². The average Bonchev–Trinajstić information content (AvgIpc) is 3.25. The van der Waals surface area contributed by atoms with E-state index in [1.165, 1.54) is 29.2 Å². The van der Waals surface area contributed by atoms with Gasteiger partial charge in [0.15, 0.2) is 11.2 Å². The summed E-state index contributed by atoms with van der Waals surface area (Å²) < 4.78 is 6.38. The Morgan fingerprint density at radius 1 is 1.16 bits per heavy atom. The lowest BCUT2D eigenvalue weighted by atomic mass is 10.1. The summed E-state index contributed by atoms with van der Waals surface area (Å²) in [5, 5.41) is 5.31. The molecule has 1 unspecified atom stereocenters. The summed E-state index contributed by atoms with van der Waals surface area (Å²) in [5.41, 5.74) is 2.80. The molecule has 4 aromatic rings. The maximum atomic E-state index is 12.6. The van der Waals surface area contributed by atoms with Crippen molar-refractivity contribution in [2.75, 3.05) is 5.32 Å². The number of nitrogens with one attached hydrogen (secondary N) is 1. The van der Waals surface area contributed by atoms with E-state index < -0.39 is 18.0 Å². The normalized spacial score (nSPS) is 11.8. The van der Waals surface area contributed by atoms with Crippen LogP contribution in [0.2, 0.25) is 0 Å². The topological polar surface area (TPSA) is 103 Å². The molecule has 32 heavy (non-hydrogen) atoms. The van der Waals surface area contributed by atoms with Crippen molar-refractivity contribution in [1.29, 1.82) is 0 Å². The van der Waals surface area contributed by atoms with Crippen LogP contribution in [0.4, 0.5) is 5.13 Å². The molecule has 0 fully saturated rings. The van der Waals surface area contributed by atoms with Crippen LogP contribution in [0.15, 0.2) is 65.0 Å². The van der Waals surface area contributed by atoms with Crippen LogP contribution in [0, 0.1) is 6.92 Å². The molecule has 1 N–H and O–H groups in total. The summed E-state index contributed by atoms with van der Waals surface area (Å²) in [6.45, 7) is 2.98. The van der Waals surface area contributed by atoms with Crippen LogP contribution in [0.1, 0.15) is 12.5 Å². The van der Waals surface area contributed by atoms with E-state index in [4.69, 9.17) is 4.74 Å². The predicted octanol–water partition coefficient (Wildman–Crippen LogP) is 3.40. The lowest BCUT2D eigenvalue weighted by Crippen LogP contribution is -2.33. The van der Waals surface area contributed by atoms with Crippen molar-refractivity contribution in [3.8, 4) is 11.3 Å². The van der Waals surface area contributed by atoms with E-state index in [0.717, 1.165) is 16.8 Å². The largest absolute Gasteiger partial charge is 0.451 e. The van der Waals surface area contributed by atoms with Crippen LogP contribution < -0.4 is 10.9 Å². The number of fused-ring (bicyclic) bond motifs is 1. The monoisotopic (exact) mass is 448 g/mol. The van der Waals surface area contributed by atoms with Crippen molar-refractivity contribution in [3.63, 3.8) is 0 Å². The highest BCUT2D eigenvalue weighted by Crippen LogP contribution is 2.24. The minimum Gasteiger partial charge on any atom is -0.451 e. The van der Waals surface area contributed by atoms with E-state index in [1.807, 2.05) is 48.7 Å². The first-order valence-corrected chi connectivity index (χ1v) is 10.8. The third kappa shape index (κ3) is 4.57. The molecule has 162 valence electrons. The number of esters is 1. The van der Waals surface area contributed by atoms with Gasteiger partial charge in [-0.05, 0) is 25.5 Å². The minimum absolute atomic E-state index is 0.344. The summed E-state index contributed by atoms with van der Waals surface area (Å²) in [6, 6.07) is 14.9. The molecule has 2 aromatic carbocycles. The van der Waals surface area contributed by atoms with Gasteiger partial charge >= 0.3 is 5.97 Å². The number of rotatable bonds is 6. The first-order valence-electron chi connectivity index (χ1n) is 9.88. The van der Waals surface area contributed by atoms with E-state index in [0.29, 0.717) is 16.0 Å². The Hall–Kier alpha value is -3.85. The van der Waals surface area contributed by atoms with Gasteiger partial charge < -0.3 is 4.74 Å². The summed E-state index contributed by atoms with van der Waals surface area (Å²) in [5.74, 6) is -1.22. The van der Waals surface area contributed by atoms with E-state index in [-0.39, 0.29) is 12.1 Å². The highest BCUT2D eigenvalue weighted by atomic mass is 32.1. The molecule has 2 aromatic heterocycles. The first-order chi connectivity index (χ1) is 15.4. The Balaban J connectivity index is 1.38. The Bertz CT molecular complexity index is 1350. The maximum absolute atomic E-state index is 12.6. The fraction of sp³-hybridized carbons (Fsp3) is 0.174. The fourth-order valence-corrected chi connectivity index (χ4v) is 3.88. The number of para-hydroxylation sites is 1. The molecule has 1 atom stereocenters. The van der Waals surface area contributed by atoms with Gasteiger partial charge in [0.1, 0.15) is 6.54 Å². The van der Waals surface area contributed by atoms with Gasteiger partial charge in [-0.2, -0.15) is 0 Å². The number of carbonyl (C=O) groups excluding carboxylic acids is 2. The summed E-state index contributed by atoms with van der Waals surface area (Å²) in [4.78, 5) is 46.0. The molecule has 0 bridgehead atoms. The van der Waals surface area contributed by atoms with E-state index in [9.17, 15) is 14.4 Å². The number of thiazole rings is 1. The predicted molar refractivity (Wildman–Crippen MR) is 122 cm³/mol. The van der Waals surface area contributed by atoms with Crippen LogP contribution in [0.3, 0.4) is 0 Å². The van der Waals surface area contributed by atoms with Crippen molar-refractivity contribution >= 4 is 39.2 Å². The second-order valence-electron chi connectivity index (χ2n) is 7.17. The zero-order valence-corrected chi connectivity index (χ0v) is 18.3. The zero-order chi connectivity index (χ0) is 22.7. The third-order valence-corrected chi connectivity index (χ3v) is 5.59. The molecule has 4 rings (SSSR count). The van der Waals surface area contributed by atoms with Crippen LogP contribution in [-0.2, 0) is 20.9 Å². The Labute approximate surface area is 187 Å². The highest BCUT2D eigenvalue weighted by Gasteiger charge is 2.20. The average molecular weight is 449 g/mol. The molecule has 0 radical (unpaired) electrons. The van der Waals surface area contributed by atoms with Crippen molar-refractivity contribution in [2.45, 2.75) is 26.5 Å². The summed E-state index contributed by atoms with van der Waals surface area (Å²) >= 11 is 1.28. The molecule has 9 heteroatoms. The highest BCUT2D eigenvalue weighted by molar-refractivity contribution is 7.14. The number of aryl methyl sites for hydroxylation is 1. The van der Waals surface area contributed by atoms with Crippen LogP contribution >= 0.6 is 11.3 Å². The SMILES string of the molecule is Cc1cccc2c(=O)n(CC(=O)OC(C)C(=O)Nc3nc(-c4ccccc4)cs3)cnc12. The second kappa shape index (κ2) is 9.11. The second-order valence-corrected chi connectivity index (χ2v) is 8.03. The molecule has 0 spiro atoms. The minimum atomic E-state index is -1.06. The number of ether oxygens (including phenoxy) is 1. The van der Waals surface area contributed by atoms with Gasteiger partial charge in [0.2, 0.25) is 0 Å². The standard InChI is InChI=1S/C23H20N4O4S/c1-14-7-6-10-17-20(14)24-13-27(22(17)30)11-19(28)31-15(2)21(29)26-23-25-18(12-32-23)16-8-4-3-5-9-16/h3-10,12-13,15H,11H2,1-2H3,(H,25,26,29). The van der Waals surface area contributed by atoms with Gasteiger partial charge in [-0.1, -0.05) is 42.5 Å². The van der Waals surface area contributed by atoms with Gasteiger partial charge in [-0.3, -0.25) is 24.3 Å². The van der Waals surface area contributed by atoms with Gasteiger partial charge in [0.05, 0.1) is 22.9 Å². The quantitative estimate of drug-likeness (QED) is 0.454. The van der Waals surface area contributed by atoms with Crippen molar-refractivity contribution in [3.05, 3.63) is 76.2 Å². The van der Waals surface area contributed by atoms with E-state index in [1.54, 1.807) is 12.1 Å². The van der Waals surface area contributed by atoms with E-state index >= 15 is 0 Å². The smallest absolute Gasteiger partial charge is 0.326 e. The van der Waals surface area contributed by atoms with Gasteiger partial charge in [0, 0.05) is 10.9 Å². The molecule has 0 aliphatic heterocycles. The number of carbonyl (C=O) groups is 2. The summed E-state index contributed by atoms with van der Waals surface area (Å²) in [7, 11) is 0. The number of hydrogen-bond donors (Lipinski definition) is 1. The van der Waals surface area contributed by atoms with Gasteiger partial charge in [-0.25, -0.2) is 9.97 Å². The van der Waals surface area contributed by atoms with Crippen molar-refractivity contribution < 1.29 is 14.3 Å². The molecule has 0 saturated carbocycles. The molecule has 0 aliphatic carbocycles. The maximum Gasteiger partial charge on any atom is 0.326 e. The number of nitrogens with zero attached hydrogens (tertiary/aromatic N) is 3. The molecular weight excluding hydrogens is 428 g/mol. The molecule has 0 aliphatic rings. The molecular formula is C23H20N4O4S. The van der Waals surface area contributed by atoms with Gasteiger partial charge in [-0.15, -0.1) is 11.3 Å². The Morgan fingerprint density at radius 3 is 2.72 bits per heavy atom. The Kier molecular flexibility index (Phi) is 6.09. The zero-order valence-electron chi connectivity index (χ0n) is 17.4. The molecule has 2 heterocycles. The van der Waals surface area contributed by atoms with Crippen molar-refractivity contribution in [1.82, 2.24) is 14.5 Å². The van der Waals surface area contributed by atoms with Crippen LogP contribution in [-0.4, -0.2) is 32.5 Å². The lowest BCUT2D eigenvalue weighted by Gasteiger charge is -2.13. The van der Waals surface area contributed by atoms with Gasteiger partial charge in [0.25, 0.3) is 11.5 Å². The Morgan fingerprint density at radius 2 is 1.94 bits per heavy atom. The number of amides is 1. The fourth-order valence-electron chi connectivity index (χ4n) is 3.16. The number of anilines is 1. The molecule has 0 saturated heterocycles. The lowest BCUT2D eigenvalue weighted by molar-refractivity contribution is -0.153. The number of benzene rings is 2. The first kappa shape index (κ1) is 21.4. The summed E-state index contributed by atoms with van der Waals surface area (Å²) in [6.07, 6.45) is 0.252. The number of aromatic nitrogens is 3. The van der Waals surface area contributed by atoms with Crippen LogP contribution in [0.25, 0.3) is 22.2 Å². The number of hydrogen-bond acceptors (Lipinski definition) is 7. The van der Waals surface area contributed by atoms with Crippen LogP contribution in [0.5, 0.6) is 0 Å². The molecule has 1 amide bonds. The molecule has 8 nitrogen and oxygen atoms in total. The van der Waals surface area contributed by atoms with Crippen molar-refractivity contribution in [2.24, 2.45) is 0 Å².